The molecule has 4 heterocycles. The van der Waals surface area contributed by atoms with E-state index in [0.717, 1.165) is 73.1 Å². The van der Waals surface area contributed by atoms with E-state index in [1.54, 1.807) is 36.2 Å². The molecule has 0 aliphatic carbocycles. The van der Waals surface area contributed by atoms with Gasteiger partial charge in [-0.2, -0.15) is 0 Å². The number of phenolic OH excluding ortho intramolecular Hbond substituents is 1. The van der Waals surface area contributed by atoms with Gasteiger partial charge in [0.2, 0.25) is 17.7 Å². The first kappa shape index (κ1) is 49.6. The molecule has 0 spiro atoms. The molecule has 3 aliphatic rings. The summed E-state index contributed by atoms with van der Waals surface area (Å²) in [6.45, 7) is 14.0. The van der Waals surface area contributed by atoms with Gasteiger partial charge in [-0.25, -0.2) is 4.98 Å². The minimum Gasteiger partial charge on any atom is -0.508 e. The molecule has 69 heavy (non-hydrogen) atoms. The number of para-hydroxylation sites is 1. The molecule has 2 saturated heterocycles. The van der Waals surface area contributed by atoms with Crippen molar-refractivity contribution in [3.05, 3.63) is 131 Å². The van der Waals surface area contributed by atoms with Gasteiger partial charge in [-0.05, 0) is 97.3 Å². The van der Waals surface area contributed by atoms with Crippen LogP contribution in [0.15, 0.2) is 103 Å². The van der Waals surface area contributed by atoms with Crippen molar-refractivity contribution in [2.75, 3.05) is 83.7 Å². The predicted octanol–water partition coefficient (Wildman–Crippen LogP) is 6.36. The van der Waals surface area contributed by atoms with Crippen LogP contribution in [-0.2, 0) is 25.5 Å². The molecule has 5 aromatic rings. The van der Waals surface area contributed by atoms with Crippen molar-refractivity contribution in [3.63, 3.8) is 0 Å². The molecule has 3 amide bonds. The van der Waals surface area contributed by atoms with Crippen LogP contribution < -0.4 is 20.3 Å². The molecule has 4 atom stereocenters. The maximum absolute atomic E-state index is 14.1. The average Bonchev–Trinajstić information content (AvgIpc) is 4.05. The number of benzene rings is 4. The number of aromatic hydroxyl groups is 1. The number of piperazine rings is 1. The van der Waals surface area contributed by atoms with E-state index in [1.807, 2.05) is 61.8 Å². The Morgan fingerprint density at radius 3 is 2.26 bits per heavy atom. The zero-order valence-electron chi connectivity index (χ0n) is 40.3. The molecule has 0 saturated carbocycles. The summed E-state index contributed by atoms with van der Waals surface area (Å²) in [6.07, 6.45) is 2.03. The normalized spacial score (nSPS) is 18.6. The van der Waals surface area contributed by atoms with Crippen LogP contribution in [0.3, 0.4) is 0 Å². The van der Waals surface area contributed by atoms with Crippen LogP contribution in [0.1, 0.15) is 73.6 Å². The summed E-state index contributed by atoms with van der Waals surface area (Å²) in [6, 6.07) is 30.7. The van der Waals surface area contributed by atoms with Gasteiger partial charge in [0.15, 0.2) is 0 Å². The number of hydrogen-bond donors (Lipinski definition) is 4. The Labute approximate surface area is 410 Å². The van der Waals surface area contributed by atoms with Gasteiger partial charge < -0.3 is 40.1 Å². The van der Waals surface area contributed by atoms with E-state index in [2.05, 4.69) is 78.8 Å². The summed E-state index contributed by atoms with van der Waals surface area (Å²) in [4.78, 5) is 55.2. The number of fused-ring (bicyclic) bond motifs is 1. The maximum Gasteiger partial charge on any atom is 0.246 e. The number of nitrogens with one attached hydrogen (secondary N) is 2. The molecule has 4 aromatic carbocycles. The number of anilines is 1. The monoisotopic (exact) mass is 957 g/mol. The Kier molecular flexibility index (Phi) is 16.3. The number of carbonyl (C=O) groups excluding carboxylic acids is 3. The number of phenols is 1. The zero-order valence-corrected chi connectivity index (χ0v) is 41.1. The quantitative estimate of drug-likeness (QED) is 0.0683. The summed E-state index contributed by atoms with van der Waals surface area (Å²) < 4.78 is 12.0. The second-order valence-corrected chi connectivity index (χ2v) is 20.0. The van der Waals surface area contributed by atoms with Crippen LogP contribution in [0, 0.1) is 12.3 Å². The molecule has 3 aliphatic heterocycles. The molecule has 14 nitrogen and oxygen atoms in total. The number of amides is 3. The van der Waals surface area contributed by atoms with Crippen LogP contribution >= 0.6 is 11.3 Å². The Hall–Kier alpha value is -5.84. The minimum absolute atomic E-state index is 0.0261. The second kappa shape index (κ2) is 22.7. The number of hydrogen-bond acceptors (Lipinski definition) is 12. The van der Waals surface area contributed by atoms with Crippen LogP contribution in [0.25, 0.3) is 10.4 Å². The fourth-order valence-corrected chi connectivity index (χ4v) is 10.6. The Balaban J connectivity index is 0.748. The van der Waals surface area contributed by atoms with E-state index in [1.165, 1.54) is 22.4 Å². The molecule has 1 aromatic heterocycles. The lowest BCUT2D eigenvalue weighted by molar-refractivity contribution is -0.145. The van der Waals surface area contributed by atoms with Crippen LogP contribution in [-0.4, -0.2) is 138 Å². The number of aryl methyl sites for hydroxylation is 1. The lowest BCUT2D eigenvalue weighted by Gasteiger charge is -2.39. The number of aliphatic hydroxyl groups excluding tert-OH is 1. The van der Waals surface area contributed by atoms with Gasteiger partial charge in [-0.15, -0.1) is 11.3 Å². The largest absolute Gasteiger partial charge is 0.508 e. The van der Waals surface area contributed by atoms with E-state index in [9.17, 15) is 24.6 Å². The summed E-state index contributed by atoms with van der Waals surface area (Å²) >= 11 is 1.59. The fraction of sp³-hybridized carbons (Fsp3) is 0.444. The van der Waals surface area contributed by atoms with Crippen molar-refractivity contribution >= 4 is 34.7 Å². The molecule has 15 heteroatoms. The van der Waals surface area contributed by atoms with E-state index < -0.39 is 29.3 Å². The molecule has 4 N–H and O–H groups in total. The highest BCUT2D eigenvalue weighted by Crippen LogP contribution is 2.40. The van der Waals surface area contributed by atoms with Crippen LogP contribution in [0.5, 0.6) is 11.5 Å². The topological polar surface area (TPSA) is 160 Å². The fourth-order valence-electron chi connectivity index (χ4n) is 9.75. The minimum atomic E-state index is -1.05. The van der Waals surface area contributed by atoms with Crippen molar-refractivity contribution in [1.29, 1.82) is 0 Å². The van der Waals surface area contributed by atoms with Crippen LogP contribution in [0.4, 0.5) is 5.69 Å². The van der Waals surface area contributed by atoms with Crippen molar-refractivity contribution in [3.8, 4) is 21.9 Å². The number of rotatable bonds is 19. The number of ether oxygens (including phenoxy) is 2. The van der Waals surface area contributed by atoms with Gasteiger partial charge in [-0.1, -0.05) is 74.5 Å². The highest BCUT2D eigenvalue weighted by atomic mass is 32.1. The Morgan fingerprint density at radius 2 is 1.58 bits per heavy atom. The SMILES string of the molecule is Cc1ncsc1-c1ccc([C@H](C)NC(=O)C2CCCN2C(=O)[C@@H](NC(=O)COCCN2CCN(CCOc3ccc(C4c5ccc(O)cc5CCN4c4ccccc4)cc3)CC2)C(C)(C)CO)cc1. The first-order chi connectivity index (χ1) is 33.4. The number of aliphatic hydroxyl groups is 1. The summed E-state index contributed by atoms with van der Waals surface area (Å²) in [5.74, 6) is 0.0414. The standard InChI is InChI=1S/C54H67N7O7S/c1-37(39-12-14-41(15-13-39)50-38(2)55-36-69-50)56-52(65)47-11-8-23-61(47)53(66)51(54(3,4)35-62)57-48(64)34-67-31-29-58-25-27-59(28-26-58)30-32-68-45-19-16-40(17-20-45)49-46-21-18-44(63)33-42(46)22-24-60(49)43-9-6-5-7-10-43/h5-7,9-10,12-21,33,36-37,47,49,51,62-63H,8,11,22-32,34-35H2,1-4H3,(H,56,65)(H,57,64)/t37-,47?,49?,51+/m0/s1. The Bertz CT molecular complexity index is 2490. The van der Waals surface area contributed by atoms with Crippen LogP contribution in [0.2, 0.25) is 0 Å². The molecule has 366 valence electrons. The van der Waals surface area contributed by atoms with E-state index >= 15 is 0 Å². The summed E-state index contributed by atoms with van der Waals surface area (Å²) in [5, 5.41) is 26.5. The molecule has 2 fully saturated rings. The van der Waals surface area contributed by atoms with Crippen molar-refractivity contribution in [1.82, 2.24) is 30.3 Å². The summed E-state index contributed by atoms with van der Waals surface area (Å²) in [7, 11) is 0. The first-order valence-corrected chi connectivity index (χ1v) is 25.2. The van der Waals surface area contributed by atoms with E-state index in [-0.39, 0.29) is 31.2 Å². The predicted molar refractivity (Wildman–Crippen MR) is 269 cm³/mol. The average molecular weight is 958 g/mol. The van der Waals surface area contributed by atoms with Gasteiger partial charge in [0.05, 0.1) is 41.4 Å². The third-order valence-electron chi connectivity index (χ3n) is 13.9. The molecule has 0 bridgehead atoms. The lowest BCUT2D eigenvalue weighted by atomic mass is 9.84. The molecule has 8 rings (SSSR count). The van der Waals surface area contributed by atoms with Gasteiger partial charge >= 0.3 is 0 Å². The number of likely N-dealkylation sites (tertiary alicyclic amines) is 1. The number of thiazole rings is 1. The third-order valence-corrected chi connectivity index (χ3v) is 14.9. The smallest absolute Gasteiger partial charge is 0.246 e. The second-order valence-electron chi connectivity index (χ2n) is 19.2. The number of nitrogens with zero attached hydrogens (tertiary/aromatic N) is 5. The molecular formula is C54H67N7O7S. The number of aromatic nitrogens is 1. The Morgan fingerprint density at radius 1 is 0.870 bits per heavy atom. The highest BCUT2D eigenvalue weighted by Gasteiger charge is 2.43. The first-order valence-electron chi connectivity index (χ1n) is 24.3. The van der Waals surface area contributed by atoms with Gasteiger partial charge in [-0.3, -0.25) is 24.2 Å². The van der Waals surface area contributed by atoms with Crippen molar-refractivity contribution in [2.45, 2.75) is 71.1 Å². The lowest BCUT2D eigenvalue weighted by Crippen LogP contribution is -2.59. The third kappa shape index (κ3) is 12.1. The molecule has 0 radical (unpaired) electrons. The van der Waals surface area contributed by atoms with Gasteiger partial charge in [0.1, 0.15) is 36.8 Å². The van der Waals surface area contributed by atoms with E-state index in [4.69, 9.17) is 9.47 Å². The zero-order chi connectivity index (χ0) is 48.5. The van der Waals surface area contributed by atoms with E-state index in [0.29, 0.717) is 44.9 Å². The van der Waals surface area contributed by atoms with Crippen molar-refractivity contribution in [2.24, 2.45) is 5.41 Å². The molecule has 2 unspecified atom stereocenters. The van der Waals surface area contributed by atoms with Gasteiger partial charge in [0, 0.05) is 63.5 Å². The van der Waals surface area contributed by atoms with Crippen molar-refractivity contribution < 1.29 is 34.1 Å². The molecular weight excluding hydrogens is 891 g/mol. The summed E-state index contributed by atoms with van der Waals surface area (Å²) in [5.41, 5.74) is 8.56. The van der Waals surface area contributed by atoms with Gasteiger partial charge in [0.25, 0.3) is 0 Å². The maximum atomic E-state index is 14.1. The number of carbonyl (C=O) groups is 3. The highest BCUT2D eigenvalue weighted by molar-refractivity contribution is 7.13.